The number of methoxy groups -OCH3 is 3. The molecule has 0 spiro atoms. The van der Waals surface area contributed by atoms with E-state index in [-0.39, 0.29) is 11.8 Å². The van der Waals surface area contributed by atoms with Crippen LogP contribution in [0.2, 0.25) is 0 Å². The lowest BCUT2D eigenvalue weighted by atomic mass is 9.92. The highest BCUT2D eigenvalue weighted by Gasteiger charge is 2.36. The van der Waals surface area contributed by atoms with Gasteiger partial charge < -0.3 is 19.1 Å². The largest absolute Gasteiger partial charge is 0.493 e. The predicted octanol–water partition coefficient (Wildman–Crippen LogP) is 3.78. The van der Waals surface area contributed by atoms with Crippen molar-refractivity contribution < 1.29 is 19.0 Å². The Kier molecular flexibility index (Phi) is 4.90. The number of rotatable bonds is 5. The molecule has 1 aliphatic rings. The fourth-order valence-electron chi connectivity index (χ4n) is 3.34. The minimum Gasteiger partial charge on any atom is -0.493 e. The summed E-state index contributed by atoms with van der Waals surface area (Å²) in [6.45, 7) is 0. The van der Waals surface area contributed by atoms with Gasteiger partial charge in [0.05, 0.1) is 27.2 Å². The minimum absolute atomic E-state index is 0.0740. The Hall–Kier alpha value is -2.21. The van der Waals surface area contributed by atoms with E-state index in [0.717, 1.165) is 21.3 Å². The molecule has 0 aromatic heterocycles. The summed E-state index contributed by atoms with van der Waals surface area (Å²) in [6, 6.07) is 9.67. The average molecular weight is 406 g/mol. The molecule has 0 saturated carbocycles. The number of likely N-dealkylation sites (N-methyl/N-ethyl adjacent to an activating group) is 1. The maximum Gasteiger partial charge on any atom is 0.234 e. The number of hydrogen-bond acceptors (Lipinski definition) is 4. The Bertz CT molecular complexity index is 821. The molecule has 6 heteroatoms. The highest BCUT2D eigenvalue weighted by Crippen LogP contribution is 2.44. The standard InChI is InChI=1S/C19H20BrNO4/c1-21-15-7-6-12(20)10-13(15)14(19(21)22)9-11-5-8-16(23-2)18(25-4)17(11)24-3/h5-8,10,14H,9H2,1-4H3/t14-/m0/s1. The molecule has 0 unspecified atom stereocenters. The quantitative estimate of drug-likeness (QED) is 0.759. The van der Waals surface area contributed by atoms with Gasteiger partial charge in [0.2, 0.25) is 11.7 Å². The molecule has 0 saturated heterocycles. The van der Waals surface area contributed by atoms with Crippen LogP contribution in [0.1, 0.15) is 17.0 Å². The van der Waals surface area contributed by atoms with E-state index in [1.165, 1.54) is 0 Å². The van der Waals surface area contributed by atoms with E-state index in [1.54, 1.807) is 33.3 Å². The van der Waals surface area contributed by atoms with Crippen molar-refractivity contribution in [3.05, 3.63) is 45.9 Å². The van der Waals surface area contributed by atoms with E-state index < -0.39 is 0 Å². The molecule has 1 heterocycles. The molecule has 3 rings (SSSR count). The van der Waals surface area contributed by atoms with Gasteiger partial charge in [-0.15, -0.1) is 0 Å². The lowest BCUT2D eigenvalue weighted by molar-refractivity contribution is -0.119. The molecule has 1 aliphatic heterocycles. The van der Waals surface area contributed by atoms with Gasteiger partial charge in [-0.2, -0.15) is 0 Å². The average Bonchev–Trinajstić information content (AvgIpc) is 2.85. The van der Waals surface area contributed by atoms with E-state index in [4.69, 9.17) is 14.2 Å². The minimum atomic E-state index is -0.260. The molecule has 1 amide bonds. The summed E-state index contributed by atoms with van der Waals surface area (Å²) < 4.78 is 17.3. The predicted molar refractivity (Wildman–Crippen MR) is 100 cm³/mol. The van der Waals surface area contributed by atoms with Gasteiger partial charge in [-0.1, -0.05) is 22.0 Å². The van der Waals surface area contributed by atoms with Crippen molar-refractivity contribution in [2.24, 2.45) is 0 Å². The number of carbonyl (C=O) groups excluding carboxylic acids is 1. The summed E-state index contributed by atoms with van der Waals surface area (Å²) in [4.78, 5) is 14.5. The van der Waals surface area contributed by atoms with Crippen LogP contribution in [0.3, 0.4) is 0 Å². The first-order valence-electron chi connectivity index (χ1n) is 7.86. The Morgan fingerprint density at radius 2 is 1.76 bits per heavy atom. The highest BCUT2D eigenvalue weighted by molar-refractivity contribution is 9.10. The van der Waals surface area contributed by atoms with Gasteiger partial charge in [0.1, 0.15) is 0 Å². The third kappa shape index (κ3) is 2.95. The molecular formula is C19H20BrNO4. The summed E-state index contributed by atoms with van der Waals surface area (Å²) in [6.07, 6.45) is 0.524. The Balaban J connectivity index is 2.04. The van der Waals surface area contributed by atoms with Crippen LogP contribution < -0.4 is 19.1 Å². The fourth-order valence-corrected chi connectivity index (χ4v) is 3.72. The molecule has 5 nitrogen and oxygen atoms in total. The molecule has 0 bridgehead atoms. The van der Waals surface area contributed by atoms with Gasteiger partial charge in [-0.3, -0.25) is 4.79 Å². The zero-order valence-electron chi connectivity index (χ0n) is 14.6. The number of halogens is 1. The Morgan fingerprint density at radius 3 is 2.40 bits per heavy atom. The molecular weight excluding hydrogens is 386 g/mol. The maximum absolute atomic E-state index is 12.8. The third-order valence-corrected chi connectivity index (χ3v) is 5.06. The molecule has 0 radical (unpaired) electrons. The second kappa shape index (κ2) is 6.96. The molecule has 0 fully saturated rings. The van der Waals surface area contributed by atoms with E-state index in [1.807, 2.05) is 30.3 Å². The summed E-state index contributed by atoms with van der Waals surface area (Å²) in [7, 11) is 6.56. The summed E-state index contributed by atoms with van der Waals surface area (Å²) in [5.41, 5.74) is 2.86. The van der Waals surface area contributed by atoms with Gasteiger partial charge in [0, 0.05) is 17.2 Å². The van der Waals surface area contributed by atoms with Crippen molar-refractivity contribution in [2.75, 3.05) is 33.3 Å². The first-order chi connectivity index (χ1) is 12.0. The number of ether oxygens (including phenoxy) is 3. The van der Waals surface area contributed by atoms with Gasteiger partial charge in [-0.05, 0) is 41.8 Å². The van der Waals surface area contributed by atoms with Crippen LogP contribution in [0.25, 0.3) is 0 Å². The smallest absolute Gasteiger partial charge is 0.234 e. The molecule has 0 N–H and O–H groups in total. The van der Waals surface area contributed by atoms with Crippen LogP contribution in [0, 0.1) is 0 Å². The van der Waals surface area contributed by atoms with Crippen molar-refractivity contribution in [3.8, 4) is 17.2 Å². The van der Waals surface area contributed by atoms with Crippen molar-refractivity contribution in [1.29, 1.82) is 0 Å². The van der Waals surface area contributed by atoms with Crippen LogP contribution in [0.15, 0.2) is 34.8 Å². The monoisotopic (exact) mass is 405 g/mol. The third-order valence-electron chi connectivity index (χ3n) is 4.56. The van der Waals surface area contributed by atoms with Crippen LogP contribution in [-0.2, 0) is 11.2 Å². The number of carbonyl (C=O) groups is 1. The Labute approximate surface area is 155 Å². The van der Waals surface area contributed by atoms with Gasteiger partial charge in [0.25, 0.3) is 0 Å². The molecule has 0 aliphatic carbocycles. The van der Waals surface area contributed by atoms with Crippen molar-refractivity contribution in [1.82, 2.24) is 0 Å². The number of nitrogens with zero attached hydrogens (tertiary/aromatic N) is 1. The normalized spacial score (nSPS) is 16.0. The lowest BCUT2D eigenvalue weighted by Gasteiger charge is -2.18. The molecule has 25 heavy (non-hydrogen) atoms. The SMILES string of the molecule is COc1ccc(C[C@@H]2C(=O)N(C)c3ccc(Br)cc32)c(OC)c1OC. The number of anilines is 1. The van der Waals surface area contributed by atoms with E-state index >= 15 is 0 Å². The van der Waals surface area contributed by atoms with Gasteiger partial charge >= 0.3 is 0 Å². The van der Waals surface area contributed by atoms with Crippen molar-refractivity contribution >= 4 is 27.5 Å². The second-order valence-electron chi connectivity index (χ2n) is 5.85. The topological polar surface area (TPSA) is 48.0 Å². The zero-order valence-corrected chi connectivity index (χ0v) is 16.2. The first-order valence-corrected chi connectivity index (χ1v) is 8.66. The van der Waals surface area contributed by atoms with Gasteiger partial charge in [-0.25, -0.2) is 0 Å². The lowest BCUT2D eigenvalue weighted by Crippen LogP contribution is -2.25. The van der Waals surface area contributed by atoms with E-state index in [2.05, 4.69) is 15.9 Å². The fraction of sp³-hybridized carbons (Fsp3) is 0.316. The van der Waals surface area contributed by atoms with Crippen molar-refractivity contribution in [3.63, 3.8) is 0 Å². The summed E-state index contributed by atoms with van der Waals surface area (Å²) >= 11 is 3.50. The highest BCUT2D eigenvalue weighted by atomic mass is 79.9. The van der Waals surface area contributed by atoms with Crippen molar-refractivity contribution in [2.45, 2.75) is 12.3 Å². The Morgan fingerprint density at radius 1 is 1.04 bits per heavy atom. The van der Waals surface area contributed by atoms with Crippen LogP contribution in [0.4, 0.5) is 5.69 Å². The summed E-state index contributed by atoms with van der Waals surface area (Å²) in [5.74, 6) is 1.55. The van der Waals surface area contributed by atoms with Gasteiger partial charge in [0.15, 0.2) is 11.5 Å². The number of benzene rings is 2. The maximum atomic E-state index is 12.8. The molecule has 1 atom stereocenters. The number of fused-ring (bicyclic) bond motifs is 1. The second-order valence-corrected chi connectivity index (χ2v) is 6.77. The number of amides is 1. The summed E-state index contributed by atoms with van der Waals surface area (Å²) in [5, 5.41) is 0. The van der Waals surface area contributed by atoms with Crippen LogP contribution in [0.5, 0.6) is 17.2 Å². The van der Waals surface area contributed by atoms with Crippen LogP contribution in [-0.4, -0.2) is 34.3 Å². The first kappa shape index (κ1) is 17.6. The molecule has 2 aromatic rings. The molecule has 2 aromatic carbocycles. The number of hydrogen-bond donors (Lipinski definition) is 0. The zero-order chi connectivity index (χ0) is 18.1. The van der Waals surface area contributed by atoms with E-state index in [0.29, 0.717) is 23.7 Å². The van der Waals surface area contributed by atoms with Crippen LogP contribution >= 0.6 is 15.9 Å². The van der Waals surface area contributed by atoms with E-state index in [9.17, 15) is 4.79 Å². The molecule has 132 valence electrons.